The molecular weight excluding hydrogens is 274 g/mol. The molecule has 3 N–H and O–H groups in total. The number of halogens is 1. The fourth-order valence-corrected chi connectivity index (χ4v) is 2.27. The van der Waals surface area contributed by atoms with Crippen LogP contribution in [0.3, 0.4) is 0 Å². The topological polar surface area (TPSA) is 69.6 Å². The molecule has 6 heteroatoms. The second kappa shape index (κ2) is 6.87. The summed E-state index contributed by atoms with van der Waals surface area (Å²) < 4.78 is 0. The molecule has 0 aliphatic carbocycles. The third-order valence-corrected chi connectivity index (χ3v) is 4.07. The third kappa shape index (κ3) is 3.80. The molecule has 0 aromatic heterocycles. The molecule has 0 heterocycles. The number of benzene rings is 1. The van der Waals surface area contributed by atoms with E-state index in [9.17, 15) is 9.90 Å². The van der Waals surface area contributed by atoms with Crippen LogP contribution in [0.5, 0.6) is 5.75 Å². The number of phenols is 1. The molecule has 0 saturated carbocycles. The quantitative estimate of drug-likeness (QED) is 0.774. The Hall–Kier alpha value is -0.910. The van der Waals surface area contributed by atoms with Gasteiger partial charge in [-0.3, -0.25) is 4.79 Å². The first-order chi connectivity index (χ1) is 8.49. The van der Waals surface area contributed by atoms with Gasteiger partial charge in [0, 0.05) is 16.9 Å². The summed E-state index contributed by atoms with van der Waals surface area (Å²) in [6.07, 6.45) is 1.88. The minimum Gasteiger partial charge on any atom is -0.506 e. The highest BCUT2D eigenvalue weighted by atomic mass is 35.5. The van der Waals surface area contributed by atoms with Crippen molar-refractivity contribution < 1.29 is 15.0 Å². The van der Waals surface area contributed by atoms with Crippen molar-refractivity contribution in [2.24, 2.45) is 0 Å². The number of amides is 1. The zero-order valence-corrected chi connectivity index (χ0v) is 11.8. The van der Waals surface area contributed by atoms with Crippen LogP contribution in [-0.2, 0) is 0 Å². The van der Waals surface area contributed by atoms with E-state index in [2.05, 4.69) is 5.32 Å². The standard InChI is InChI=1S/C12H16ClNO3S/c1-7(11(6-15)18-2)14-12(17)8-3-4-10(16)9(13)5-8/h3-5,7,11,15-16H,6H2,1-2H3,(H,14,17). The molecule has 4 nitrogen and oxygen atoms in total. The van der Waals surface area contributed by atoms with Crippen molar-refractivity contribution in [2.75, 3.05) is 12.9 Å². The van der Waals surface area contributed by atoms with Crippen LogP contribution >= 0.6 is 23.4 Å². The second-order valence-electron chi connectivity index (χ2n) is 3.89. The molecule has 1 aromatic rings. The van der Waals surface area contributed by atoms with E-state index in [4.69, 9.17) is 16.7 Å². The van der Waals surface area contributed by atoms with Crippen molar-refractivity contribution in [1.29, 1.82) is 0 Å². The average Bonchev–Trinajstić information content (AvgIpc) is 2.34. The van der Waals surface area contributed by atoms with E-state index >= 15 is 0 Å². The van der Waals surface area contributed by atoms with Gasteiger partial charge < -0.3 is 15.5 Å². The number of nitrogens with one attached hydrogen (secondary N) is 1. The van der Waals surface area contributed by atoms with Gasteiger partial charge in [-0.25, -0.2) is 0 Å². The molecule has 2 atom stereocenters. The van der Waals surface area contributed by atoms with Crippen molar-refractivity contribution in [3.8, 4) is 5.75 Å². The number of thioether (sulfide) groups is 1. The van der Waals surface area contributed by atoms with Crippen molar-refractivity contribution in [3.05, 3.63) is 28.8 Å². The third-order valence-electron chi connectivity index (χ3n) is 2.61. The summed E-state index contributed by atoms with van der Waals surface area (Å²) >= 11 is 7.23. The van der Waals surface area contributed by atoms with Crippen LogP contribution in [0.1, 0.15) is 17.3 Å². The summed E-state index contributed by atoms with van der Waals surface area (Å²) in [5.74, 6) is -0.337. The van der Waals surface area contributed by atoms with Crippen molar-refractivity contribution in [3.63, 3.8) is 0 Å². The Kier molecular flexibility index (Phi) is 5.78. The lowest BCUT2D eigenvalue weighted by molar-refractivity contribution is 0.0936. The van der Waals surface area contributed by atoms with Crippen LogP contribution in [0, 0.1) is 0 Å². The van der Waals surface area contributed by atoms with Gasteiger partial charge in [-0.2, -0.15) is 11.8 Å². The lowest BCUT2D eigenvalue weighted by Crippen LogP contribution is -2.41. The van der Waals surface area contributed by atoms with E-state index in [1.54, 1.807) is 0 Å². The van der Waals surface area contributed by atoms with Crippen LogP contribution < -0.4 is 5.32 Å². The van der Waals surface area contributed by atoms with E-state index in [1.807, 2.05) is 13.2 Å². The lowest BCUT2D eigenvalue weighted by Gasteiger charge is -2.21. The van der Waals surface area contributed by atoms with Gasteiger partial charge in [0.15, 0.2) is 0 Å². The molecule has 0 bridgehead atoms. The summed E-state index contributed by atoms with van der Waals surface area (Å²) in [5.41, 5.74) is 0.377. The molecule has 0 radical (unpaired) electrons. The second-order valence-corrected chi connectivity index (χ2v) is 5.37. The number of carbonyl (C=O) groups is 1. The summed E-state index contributed by atoms with van der Waals surface area (Å²) in [6, 6.07) is 4.12. The molecule has 0 saturated heterocycles. The highest BCUT2D eigenvalue weighted by Crippen LogP contribution is 2.23. The average molecular weight is 290 g/mol. The first-order valence-electron chi connectivity index (χ1n) is 5.42. The molecule has 0 fully saturated rings. The van der Waals surface area contributed by atoms with Crippen LogP contribution in [0.2, 0.25) is 5.02 Å². The van der Waals surface area contributed by atoms with Gasteiger partial charge in [-0.15, -0.1) is 0 Å². The molecule has 1 rings (SSSR count). The number of rotatable bonds is 5. The Bertz CT molecular complexity index is 424. The first-order valence-corrected chi connectivity index (χ1v) is 7.09. The summed E-state index contributed by atoms with van der Waals surface area (Å²) in [7, 11) is 0. The predicted molar refractivity (Wildman–Crippen MR) is 74.4 cm³/mol. The lowest BCUT2D eigenvalue weighted by atomic mass is 10.1. The number of aliphatic hydroxyl groups excluding tert-OH is 1. The monoisotopic (exact) mass is 289 g/mol. The van der Waals surface area contributed by atoms with Gasteiger partial charge in [0.25, 0.3) is 5.91 Å². The number of aromatic hydroxyl groups is 1. The minimum absolute atomic E-state index is 0.00104. The Labute approximate surface area is 115 Å². The molecule has 1 aromatic carbocycles. The van der Waals surface area contributed by atoms with Crippen LogP contribution in [-0.4, -0.2) is 40.3 Å². The molecule has 1 amide bonds. The Balaban J connectivity index is 2.73. The highest BCUT2D eigenvalue weighted by Gasteiger charge is 2.18. The number of phenolic OH excluding ortho intramolecular Hbond substituents is 1. The predicted octanol–water partition coefficient (Wildman–Crippen LogP) is 1.89. The van der Waals surface area contributed by atoms with Crippen molar-refractivity contribution in [1.82, 2.24) is 5.32 Å². The molecule has 18 heavy (non-hydrogen) atoms. The van der Waals surface area contributed by atoms with Crippen molar-refractivity contribution in [2.45, 2.75) is 18.2 Å². The van der Waals surface area contributed by atoms with E-state index in [-0.39, 0.29) is 34.6 Å². The van der Waals surface area contributed by atoms with Gasteiger partial charge in [0.1, 0.15) is 5.75 Å². The van der Waals surface area contributed by atoms with E-state index in [0.29, 0.717) is 5.56 Å². The van der Waals surface area contributed by atoms with Crippen molar-refractivity contribution >= 4 is 29.3 Å². The Morgan fingerprint density at radius 3 is 2.72 bits per heavy atom. The number of aliphatic hydroxyl groups is 1. The van der Waals surface area contributed by atoms with Gasteiger partial charge in [-0.1, -0.05) is 11.6 Å². The normalized spacial score (nSPS) is 14.0. The summed E-state index contributed by atoms with van der Waals surface area (Å²) in [6.45, 7) is 1.83. The number of hydrogen-bond donors (Lipinski definition) is 3. The number of hydrogen-bond acceptors (Lipinski definition) is 4. The van der Waals surface area contributed by atoms with E-state index < -0.39 is 0 Å². The van der Waals surface area contributed by atoms with E-state index in [1.165, 1.54) is 30.0 Å². The fourth-order valence-electron chi connectivity index (χ4n) is 1.47. The zero-order valence-electron chi connectivity index (χ0n) is 10.2. The first kappa shape index (κ1) is 15.1. The van der Waals surface area contributed by atoms with Gasteiger partial charge in [0.05, 0.1) is 11.6 Å². The van der Waals surface area contributed by atoms with Gasteiger partial charge in [-0.05, 0) is 31.4 Å². The smallest absolute Gasteiger partial charge is 0.251 e. The molecule has 0 spiro atoms. The van der Waals surface area contributed by atoms with Gasteiger partial charge in [0.2, 0.25) is 0 Å². The molecule has 0 aliphatic rings. The SMILES string of the molecule is CSC(CO)C(C)NC(=O)c1ccc(O)c(Cl)c1. The zero-order chi connectivity index (χ0) is 13.7. The largest absolute Gasteiger partial charge is 0.506 e. The highest BCUT2D eigenvalue weighted by molar-refractivity contribution is 7.99. The summed E-state index contributed by atoms with van der Waals surface area (Å²) in [4.78, 5) is 11.9. The summed E-state index contributed by atoms with van der Waals surface area (Å²) in [5, 5.41) is 21.3. The maximum atomic E-state index is 11.9. The maximum absolute atomic E-state index is 11.9. The van der Waals surface area contributed by atoms with Crippen LogP contribution in [0.25, 0.3) is 0 Å². The fraction of sp³-hybridized carbons (Fsp3) is 0.417. The molecule has 100 valence electrons. The molecular formula is C12H16ClNO3S. The maximum Gasteiger partial charge on any atom is 0.251 e. The Morgan fingerprint density at radius 1 is 1.56 bits per heavy atom. The minimum atomic E-state index is -0.281. The molecule has 0 aliphatic heterocycles. The van der Waals surface area contributed by atoms with Crippen LogP contribution in [0.4, 0.5) is 0 Å². The molecule has 2 unspecified atom stereocenters. The van der Waals surface area contributed by atoms with Gasteiger partial charge >= 0.3 is 0 Å². The van der Waals surface area contributed by atoms with Crippen LogP contribution in [0.15, 0.2) is 18.2 Å². The Morgan fingerprint density at radius 2 is 2.22 bits per heavy atom. The number of carbonyl (C=O) groups excluding carboxylic acids is 1. The van der Waals surface area contributed by atoms with E-state index in [0.717, 1.165) is 0 Å².